The minimum absolute atomic E-state index is 0.147. The topological polar surface area (TPSA) is 102 Å². The monoisotopic (exact) mass is 350 g/mol. The summed E-state index contributed by atoms with van der Waals surface area (Å²) >= 11 is 2.42. The second-order valence-corrected chi connectivity index (χ2v) is 6.48. The van der Waals surface area contributed by atoms with Crippen molar-refractivity contribution in [3.05, 3.63) is 38.4 Å². The van der Waals surface area contributed by atoms with Crippen LogP contribution < -0.4 is 5.73 Å². The molecule has 0 unspecified atom stereocenters. The SMILES string of the molecule is CCOC(=O)c1sc(N)c(C#N)c1COC(=O)Cc1cccs1. The fourth-order valence-electron chi connectivity index (χ4n) is 1.87. The van der Waals surface area contributed by atoms with E-state index in [4.69, 9.17) is 15.2 Å². The molecule has 0 aliphatic heterocycles. The Hall–Kier alpha value is -2.37. The molecular weight excluding hydrogens is 336 g/mol. The molecule has 120 valence electrons. The number of esters is 2. The Morgan fingerprint density at radius 3 is 2.78 bits per heavy atom. The molecule has 0 fully saturated rings. The van der Waals surface area contributed by atoms with Crippen molar-refractivity contribution >= 4 is 39.6 Å². The summed E-state index contributed by atoms with van der Waals surface area (Å²) in [6.45, 7) is 1.70. The van der Waals surface area contributed by atoms with Crippen molar-refractivity contribution in [1.82, 2.24) is 0 Å². The molecule has 6 nitrogen and oxygen atoms in total. The van der Waals surface area contributed by atoms with Crippen molar-refractivity contribution < 1.29 is 19.1 Å². The van der Waals surface area contributed by atoms with Crippen molar-refractivity contribution in [1.29, 1.82) is 5.26 Å². The molecule has 8 heteroatoms. The molecule has 2 aromatic heterocycles. The predicted molar refractivity (Wildman–Crippen MR) is 87.2 cm³/mol. The van der Waals surface area contributed by atoms with Crippen LogP contribution in [0.4, 0.5) is 5.00 Å². The lowest BCUT2D eigenvalue weighted by molar-refractivity contribution is -0.144. The molecule has 2 heterocycles. The summed E-state index contributed by atoms with van der Waals surface area (Å²) in [5, 5.41) is 11.3. The van der Waals surface area contributed by atoms with E-state index in [1.807, 2.05) is 23.6 Å². The zero-order valence-corrected chi connectivity index (χ0v) is 14.0. The normalized spacial score (nSPS) is 10.1. The third kappa shape index (κ3) is 4.09. The molecule has 0 saturated heterocycles. The summed E-state index contributed by atoms with van der Waals surface area (Å²) < 4.78 is 10.1. The molecular formula is C15H14N2O4S2. The number of nitriles is 1. The number of hydrogen-bond acceptors (Lipinski definition) is 8. The highest BCUT2D eigenvalue weighted by Gasteiger charge is 2.23. The molecule has 0 spiro atoms. The molecule has 0 bridgehead atoms. The van der Waals surface area contributed by atoms with Gasteiger partial charge in [-0.25, -0.2) is 4.79 Å². The highest BCUT2D eigenvalue weighted by Crippen LogP contribution is 2.31. The van der Waals surface area contributed by atoms with Crippen LogP contribution in [-0.4, -0.2) is 18.5 Å². The Morgan fingerprint density at radius 1 is 1.39 bits per heavy atom. The van der Waals surface area contributed by atoms with E-state index in [0.717, 1.165) is 16.2 Å². The molecule has 23 heavy (non-hydrogen) atoms. The molecule has 2 rings (SSSR count). The first kappa shape index (κ1) is 17.0. The third-order valence-electron chi connectivity index (χ3n) is 2.88. The van der Waals surface area contributed by atoms with Crippen LogP contribution in [-0.2, 0) is 27.3 Å². The van der Waals surface area contributed by atoms with Gasteiger partial charge in [-0.3, -0.25) is 4.79 Å². The lowest BCUT2D eigenvalue weighted by atomic mass is 10.1. The summed E-state index contributed by atoms with van der Waals surface area (Å²) in [5.74, 6) is -1.01. The summed E-state index contributed by atoms with van der Waals surface area (Å²) in [6.07, 6.45) is 0.147. The van der Waals surface area contributed by atoms with Gasteiger partial charge >= 0.3 is 11.9 Å². The maximum Gasteiger partial charge on any atom is 0.348 e. The van der Waals surface area contributed by atoms with Gasteiger partial charge < -0.3 is 15.2 Å². The van der Waals surface area contributed by atoms with Crippen LogP contribution in [0, 0.1) is 11.3 Å². The maximum atomic E-state index is 11.9. The average Bonchev–Trinajstić information content (AvgIpc) is 3.12. The van der Waals surface area contributed by atoms with Crippen molar-refractivity contribution in [3.63, 3.8) is 0 Å². The highest BCUT2D eigenvalue weighted by molar-refractivity contribution is 7.18. The number of nitrogen functional groups attached to an aromatic ring is 1. The Balaban J connectivity index is 2.13. The van der Waals surface area contributed by atoms with Crippen LogP contribution in [0.15, 0.2) is 17.5 Å². The lowest BCUT2D eigenvalue weighted by Crippen LogP contribution is -2.11. The van der Waals surface area contributed by atoms with E-state index in [0.29, 0.717) is 5.56 Å². The summed E-state index contributed by atoms with van der Waals surface area (Å²) in [4.78, 5) is 24.9. The van der Waals surface area contributed by atoms with E-state index in [9.17, 15) is 14.9 Å². The number of hydrogen-bond donors (Lipinski definition) is 1. The molecule has 0 aliphatic carbocycles. The van der Waals surface area contributed by atoms with Gasteiger partial charge in [0.25, 0.3) is 0 Å². The quantitative estimate of drug-likeness (QED) is 0.804. The maximum absolute atomic E-state index is 11.9. The van der Waals surface area contributed by atoms with E-state index >= 15 is 0 Å². The zero-order chi connectivity index (χ0) is 16.8. The molecule has 0 atom stereocenters. The van der Waals surface area contributed by atoms with Gasteiger partial charge in [0.05, 0.1) is 18.6 Å². The first-order valence-corrected chi connectivity index (χ1v) is 8.42. The summed E-state index contributed by atoms with van der Waals surface area (Å²) in [6, 6.07) is 5.62. The van der Waals surface area contributed by atoms with Crippen LogP contribution in [0.2, 0.25) is 0 Å². The van der Waals surface area contributed by atoms with Gasteiger partial charge in [-0.05, 0) is 18.4 Å². The molecule has 0 saturated carbocycles. The largest absolute Gasteiger partial charge is 0.462 e. The predicted octanol–water partition coefficient (Wildman–Crippen LogP) is 2.73. The average molecular weight is 350 g/mol. The van der Waals surface area contributed by atoms with Crippen LogP contribution in [0.3, 0.4) is 0 Å². The van der Waals surface area contributed by atoms with Gasteiger partial charge in [0.2, 0.25) is 0 Å². The van der Waals surface area contributed by atoms with Crippen molar-refractivity contribution in [3.8, 4) is 6.07 Å². The Labute approximate surface area is 141 Å². The van der Waals surface area contributed by atoms with E-state index < -0.39 is 11.9 Å². The van der Waals surface area contributed by atoms with Gasteiger partial charge in [-0.2, -0.15) is 5.26 Å². The van der Waals surface area contributed by atoms with Gasteiger partial charge in [-0.15, -0.1) is 22.7 Å². The fourth-order valence-corrected chi connectivity index (χ4v) is 3.47. The Kier molecular flexibility index (Phi) is 5.73. The second kappa shape index (κ2) is 7.76. The van der Waals surface area contributed by atoms with Crippen LogP contribution in [0.1, 0.15) is 32.6 Å². The number of carbonyl (C=O) groups excluding carboxylic acids is 2. The number of anilines is 1. The standard InChI is InChI=1S/C15H14N2O4S2/c1-2-20-15(19)13-11(10(7-16)14(17)23-13)8-21-12(18)6-9-4-3-5-22-9/h3-5H,2,6,8,17H2,1H3. The number of ether oxygens (including phenoxy) is 2. The zero-order valence-electron chi connectivity index (χ0n) is 12.3. The highest BCUT2D eigenvalue weighted by atomic mass is 32.1. The number of nitrogens with zero attached hydrogens (tertiary/aromatic N) is 1. The van der Waals surface area contributed by atoms with Crippen molar-refractivity contribution in [2.24, 2.45) is 0 Å². The molecule has 2 aromatic rings. The van der Waals surface area contributed by atoms with Gasteiger partial charge in [0, 0.05) is 10.4 Å². The number of rotatable bonds is 6. The first-order valence-electron chi connectivity index (χ1n) is 6.73. The summed E-state index contributed by atoms with van der Waals surface area (Å²) in [7, 11) is 0. The van der Waals surface area contributed by atoms with Crippen molar-refractivity contribution in [2.45, 2.75) is 20.0 Å². The van der Waals surface area contributed by atoms with Crippen molar-refractivity contribution in [2.75, 3.05) is 12.3 Å². The molecule has 0 aliphatic rings. The van der Waals surface area contributed by atoms with Gasteiger partial charge in [-0.1, -0.05) is 6.07 Å². The minimum atomic E-state index is -0.574. The minimum Gasteiger partial charge on any atom is -0.462 e. The van der Waals surface area contributed by atoms with Gasteiger partial charge in [0.15, 0.2) is 0 Å². The molecule has 0 radical (unpaired) electrons. The second-order valence-electron chi connectivity index (χ2n) is 4.40. The molecule has 0 amide bonds. The Bertz CT molecular complexity index is 744. The van der Waals surface area contributed by atoms with E-state index in [-0.39, 0.29) is 35.1 Å². The van der Waals surface area contributed by atoms with E-state index in [2.05, 4.69) is 0 Å². The Morgan fingerprint density at radius 2 is 2.17 bits per heavy atom. The lowest BCUT2D eigenvalue weighted by Gasteiger charge is -2.06. The number of thiophene rings is 2. The smallest absolute Gasteiger partial charge is 0.348 e. The van der Waals surface area contributed by atoms with E-state index in [1.165, 1.54) is 11.3 Å². The number of nitrogens with two attached hydrogens (primary N) is 1. The third-order valence-corrected chi connectivity index (χ3v) is 4.80. The molecule has 0 aromatic carbocycles. The van der Waals surface area contributed by atoms with E-state index in [1.54, 1.807) is 6.92 Å². The van der Waals surface area contributed by atoms with Gasteiger partial charge in [0.1, 0.15) is 22.6 Å². The fraction of sp³-hybridized carbons (Fsp3) is 0.267. The first-order chi connectivity index (χ1) is 11.1. The van der Waals surface area contributed by atoms with Crippen LogP contribution in [0.5, 0.6) is 0 Å². The van der Waals surface area contributed by atoms with Crippen LogP contribution in [0.25, 0.3) is 0 Å². The number of carbonyl (C=O) groups is 2. The summed E-state index contributed by atoms with van der Waals surface area (Å²) in [5.41, 5.74) is 6.21. The van der Waals surface area contributed by atoms with Crippen LogP contribution >= 0.6 is 22.7 Å². The molecule has 2 N–H and O–H groups in total.